The minimum Gasteiger partial charge on any atom is -0.317 e. The first-order valence-electron chi connectivity index (χ1n) is 14.5. The molecule has 2 nitrogen and oxygen atoms in total. The molecule has 1 rings (SSSR count). The fraction of sp³-hybridized carbons (Fsp3) is 0.800. The van der Waals surface area contributed by atoms with Gasteiger partial charge in [0.15, 0.2) is 0 Å². The van der Waals surface area contributed by atoms with Gasteiger partial charge in [-0.3, -0.25) is 0 Å². The molecule has 2 N–H and O–H groups in total. The van der Waals surface area contributed by atoms with Crippen LogP contribution in [0.5, 0.6) is 0 Å². The van der Waals surface area contributed by atoms with Gasteiger partial charge in [0.25, 0.3) is 0 Å². The molecule has 0 fully saturated rings. The maximum Gasteiger partial charge on any atom is 0.0222 e. The molecule has 0 atom stereocenters. The highest BCUT2D eigenvalue weighted by Crippen LogP contribution is 2.14. The van der Waals surface area contributed by atoms with Crippen LogP contribution in [0.25, 0.3) is 0 Å². The van der Waals surface area contributed by atoms with E-state index in [0.717, 1.165) is 25.7 Å². The average Bonchev–Trinajstić information content (AvgIpc) is 2.84. The third-order valence-corrected chi connectivity index (χ3v) is 7.01. The SMILES string of the molecule is [Si]CCCNCCCCCCCCCCCCCCCCCCCCNCc1ccccc1. The van der Waals surface area contributed by atoms with Crippen LogP contribution in [0.1, 0.15) is 128 Å². The lowest BCUT2D eigenvalue weighted by Crippen LogP contribution is -2.16. The third-order valence-electron chi connectivity index (χ3n) is 6.66. The number of unbranched alkanes of at least 4 members (excludes halogenated alkanes) is 17. The molecule has 0 aliphatic carbocycles. The number of hydrogen-bond donors (Lipinski definition) is 2. The average molecular weight is 472 g/mol. The van der Waals surface area contributed by atoms with Crippen LogP contribution in [0.2, 0.25) is 6.04 Å². The highest BCUT2D eigenvalue weighted by atomic mass is 28.1. The van der Waals surface area contributed by atoms with Gasteiger partial charge in [-0.15, -0.1) is 0 Å². The van der Waals surface area contributed by atoms with Gasteiger partial charge in [-0.05, 0) is 44.5 Å². The Kier molecular flexibility index (Phi) is 23.9. The standard InChI is InChI=1S/C30H55N2Si/c33-28-22-27-31-25-20-15-13-11-9-7-5-3-1-2-4-6-8-10-12-14-16-21-26-32-29-30-23-18-17-19-24-30/h17-19,23-24,31-32H,1-16,20-22,25-29H2. The summed E-state index contributed by atoms with van der Waals surface area (Å²) in [6.45, 7) is 4.54. The van der Waals surface area contributed by atoms with E-state index < -0.39 is 0 Å². The summed E-state index contributed by atoms with van der Waals surface area (Å²) in [6, 6.07) is 11.8. The highest BCUT2D eigenvalue weighted by molar-refractivity contribution is 6.08. The Labute approximate surface area is 210 Å². The second kappa shape index (κ2) is 26.0. The minimum absolute atomic E-state index is 1.01. The molecule has 0 saturated heterocycles. The van der Waals surface area contributed by atoms with Crippen LogP contribution in [0.4, 0.5) is 0 Å². The van der Waals surface area contributed by atoms with Crippen molar-refractivity contribution in [2.24, 2.45) is 0 Å². The van der Waals surface area contributed by atoms with Gasteiger partial charge in [-0.25, -0.2) is 0 Å². The molecule has 33 heavy (non-hydrogen) atoms. The molecule has 0 aliphatic rings. The molecule has 3 radical (unpaired) electrons. The molecule has 0 heterocycles. The normalized spacial score (nSPS) is 11.3. The van der Waals surface area contributed by atoms with E-state index >= 15 is 0 Å². The van der Waals surface area contributed by atoms with Crippen molar-refractivity contribution in [3.63, 3.8) is 0 Å². The first kappa shape index (κ1) is 30.4. The molecule has 1 aromatic rings. The van der Waals surface area contributed by atoms with E-state index in [9.17, 15) is 0 Å². The first-order chi connectivity index (χ1) is 16.4. The van der Waals surface area contributed by atoms with Crippen LogP contribution in [0.3, 0.4) is 0 Å². The van der Waals surface area contributed by atoms with Crippen molar-refractivity contribution in [1.82, 2.24) is 10.6 Å². The highest BCUT2D eigenvalue weighted by Gasteiger charge is 1.96. The summed E-state index contributed by atoms with van der Waals surface area (Å²) in [6.07, 6.45) is 27.1. The second-order valence-corrected chi connectivity index (χ2v) is 10.4. The largest absolute Gasteiger partial charge is 0.317 e. The Bertz CT molecular complexity index is 479. The molecule has 0 amide bonds. The van der Waals surface area contributed by atoms with E-state index in [0.29, 0.717) is 0 Å². The molecular formula is C30H55N2Si. The quantitative estimate of drug-likeness (QED) is 0.105. The zero-order chi connectivity index (χ0) is 23.5. The summed E-state index contributed by atoms with van der Waals surface area (Å²) in [5.41, 5.74) is 1.39. The predicted octanol–water partition coefficient (Wildman–Crippen LogP) is 8.36. The van der Waals surface area contributed by atoms with Crippen molar-refractivity contribution in [1.29, 1.82) is 0 Å². The fourth-order valence-corrected chi connectivity index (χ4v) is 4.67. The Hall–Kier alpha value is -0.643. The van der Waals surface area contributed by atoms with Gasteiger partial charge >= 0.3 is 0 Å². The molecular weight excluding hydrogens is 416 g/mol. The molecule has 0 saturated carbocycles. The predicted molar refractivity (Wildman–Crippen MR) is 149 cm³/mol. The lowest BCUT2D eigenvalue weighted by molar-refractivity contribution is 0.518. The smallest absolute Gasteiger partial charge is 0.0222 e. The molecule has 1 aromatic carbocycles. The topological polar surface area (TPSA) is 24.1 Å². The van der Waals surface area contributed by atoms with E-state index in [1.54, 1.807) is 0 Å². The molecule has 189 valence electrons. The van der Waals surface area contributed by atoms with Crippen molar-refractivity contribution in [2.45, 2.75) is 135 Å². The maximum absolute atomic E-state index is 3.56. The summed E-state index contributed by atoms with van der Waals surface area (Å²) in [5, 5.41) is 7.08. The van der Waals surface area contributed by atoms with Gasteiger partial charge in [0, 0.05) is 16.8 Å². The van der Waals surface area contributed by atoms with Crippen molar-refractivity contribution >= 4 is 10.2 Å². The maximum atomic E-state index is 3.56. The Balaban J connectivity index is 1.64. The molecule has 0 bridgehead atoms. The van der Waals surface area contributed by atoms with Crippen LogP contribution in [0.15, 0.2) is 30.3 Å². The van der Waals surface area contributed by atoms with Gasteiger partial charge in [-0.2, -0.15) is 0 Å². The zero-order valence-corrected chi connectivity index (χ0v) is 22.9. The van der Waals surface area contributed by atoms with E-state index in [-0.39, 0.29) is 0 Å². The molecule has 0 aromatic heterocycles. The summed E-state index contributed by atoms with van der Waals surface area (Å²) >= 11 is 0. The molecule has 3 heteroatoms. The van der Waals surface area contributed by atoms with Crippen LogP contribution in [-0.2, 0) is 6.54 Å². The first-order valence-corrected chi connectivity index (χ1v) is 15.2. The van der Waals surface area contributed by atoms with E-state index in [2.05, 4.69) is 51.2 Å². The summed E-state index contributed by atoms with van der Waals surface area (Å²) < 4.78 is 0. The number of nitrogens with one attached hydrogen (secondary N) is 2. The Morgan fingerprint density at radius 3 is 1.21 bits per heavy atom. The number of rotatable bonds is 26. The second-order valence-electron chi connectivity index (χ2n) is 9.88. The van der Waals surface area contributed by atoms with Gasteiger partial charge in [-0.1, -0.05) is 139 Å². The van der Waals surface area contributed by atoms with Crippen molar-refractivity contribution in [3.05, 3.63) is 35.9 Å². The lowest BCUT2D eigenvalue weighted by Gasteiger charge is -2.05. The summed E-state index contributed by atoms with van der Waals surface area (Å²) in [5.74, 6) is 0. The van der Waals surface area contributed by atoms with Crippen molar-refractivity contribution in [3.8, 4) is 0 Å². The zero-order valence-electron chi connectivity index (χ0n) is 21.9. The fourth-order valence-electron chi connectivity index (χ4n) is 4.50. The van der Waals surface area contributed by atoms with Gasteiger partial charge < -0.3 is 10.6 Å². The lowest BCUT2D eigenvalue weighted by atomic mass is 10.0. The van der Waals surface area contributed by atoms with Crippen LogP contribution >= 0.6 is 0 Å². The van der Waals surface area contributed by atoms with E-state index in [1.807, 2.05) is 0 Å². The summed E-state index contributed by atoms with van der Waals surface area (Å²) in [4.78, 5) is 0. The number of benzene rings is 1. The minimum atomic E-state index is 1.01. The monoisotopic (exact) mass is 471 g/mol. The third kappa shape index (κ3) is 22.9. The molecule has 0 spiro atoms. The van der Waals surface area contributed by atoms with Gasteiger partial charge in [0.05, 0.1) is 0 Å². The number of hydrogen-bond acceptors (Lipinski definition) is 2. The van der Waals surface area contributed by atoms with Gasteiger partial charge in [0.1, 0.15) is 0 Å². The van der Waals surface area contributed by atoms with E-state index in [4.69, 9.17) is 0 Å². The Morgan fingerprint density at radius 1 is 0.424 bits per heavy atom. The van der Waals surface area contributed by atoms with E-state index in [1.165, 1.54) is 134 Å². The summed E-state index contributed by atoms with van der Waals surface area (Å²) in [7, 11) is 3.52. The Morgan fingerprint density at radius 2 is 0.788 bits per heavy atom. The van der Waals surface area contributed by atoms with Crippen molar-refractivity contribution < 1.29 is 0 Å². The molecule has 0 aliphatic heterocycles. The van der Waals surface area contributed by atoms with Crippen LogP contribution in [0, 0.1) is 0 Å². The van der Waals surface area contributed by atoms with Crippen LogP contribution in [-0.4, -0.2) is 29.9 Å². The molecule has 0 unspecified atom stereocenters. The van der Waals surface area contributed by atoms with Gasteiger partial charge in [0.2, 0.25) is 0 Å². The van der Waals surface area contributed by atoms with Crippen molar-refractivity contribution in [2.75, 3.05) is 19.6 Å². The van der Waals surface area contributed by atoms with Crippen LogP contribution < -0.4 is 10.6 Å².